The van der Waals surface area contributed by atoms with Gasteiger partial charge in [-0.25, -0.2) is 0 Å². The maximum absolute atomic E-state index is 4.41. The summed E-state index contributed by atoms with van der Waals surface area (Å²) in [5.41, 5.74) is 4.71. The van der Waals surface area contributed by atoms with E-state index in [1.165, 1.54) is 88.2 Å². The Bertz CT molecular complexity index is 696. The number of aromatic nitrogens is 2. The van der Waals surface area contributed by atoms with Crippen molar-refractivity contribution in [1.29, 1.82) is 0 Å². The van der Waals surface area contributed by atoms with E-state index in [-0.39, 0.29) is 0 Å². The number of aryl methyl sites for hydroxylation is 2. The average Bonchev–Trinajstić information content (AvgIpc) is 2.79. The smallest absolute Gasteiger partial charge is 0.0929 e. The Labute approximate surface area is 184 Å². The van der Waals surface area contributed by atoms with Crippen molar-refractivity contribution in [1.82, 2.24) is 10.2 Å². The first kappa shape index (κ1) is 23.0. The van der Waals surface area contributed by atoms with Crippen LogP contribution in [0.4, 0.5) is 0 Å². The Hall–Kier alpha value is -1.70. The normalized spacial score (nSPS) is 19.1. The minimum atomic E-state index is 0.943. The molecule has 0 spiro atoms. The van der Waals surface area contributed by atoms with Crippen LogP contribution >= 0.6 is 0 Å². The third-order valence-electron chi connectivity index (χ3n) is 7.00. The van der Waals surface area contributed by atoms with Crippen molar-refractivity contribution in [3.05, 3.63) is 47.7 Å². The van der Waals surface area contributed by atoms with E-state index in [0.717, 1.165) is 36.1 Å². The van der Waals surface area contributed by atoms with Crippen molar-refractivity contribution < 1.29 is 0 Å². The molecule has 1 aliphatic carbocycles. The monoisotopic (exact) mass is 406 g/mol. The Kier molecular flexibility index (Phi) is 9.86. The lowest BCUT2D eigenvalue weighted by Crippen LogP contribution is -2.15. The fourth-order valence-corrected chi connectivity index (χ4v) is 4.96. The lowest BCUT2D eigenvalue weighted by atomic mass is 9.77. The summed E-state index contributed by atoms with van der Waals surface area (Å²) in [7, 11) is 0. The summed E-state index contributed by atoms with van der Waals surface area (Å²) in [5, 5.41) is 8.76. The molecule has 0 radical (unpaired) electrons. The van der Waals surface area contributed by atoms with Gasteiger partial charge in [0.2, 0.25) is 0 Å². The number of rotatable bonds is 12. The SMILES string of the molecule is CCCCCCCC1CCC(CCc2ccc(-c3ccc(CCC)nn3)cc2)CC1. The van der Waals surface area contributed by atoms with Crippen LogP contribution < -0.4 is 0 Å². The molecule has 2 aromatic rings. The summed E-state index contributed by atoms with van der Waals surface area (Å²) in [6.07, 6.45) is 19.2. The van der Waals surface area contributed by atoms with Crippen molar-refractivity contribution in [3.8, 4) is 11.3 Å². The molecule has 1 heterocycles. The van der Waals surface area contributed by atoms with Crippen LogP contribution in [0.3, 0.4) is 0 Å². The van der Waals surface area contributed by atoms with Crippen molar-refractivity contribution in [2.75, 3.05) is 0 Å². The van der Waals surface area contributed by atoms with E-state index in [2.05, 4.69) is 60.4 Å². The summed E-state index contributed by atoms with van der Waals surface area (Å²) >= 11 is 0. The number of hydrogen-bond donors (Lipinski definition) is 0. The van der Waals surface area contributed by atoms with Crippen LogP contribution in [0.2, 0.25) is 0 Å². The zero-order chi connectivity index (χ0) is 21.0. The van der Waals surface area contributed by atoms with Gasteiger partial charge in [-0.2, -0.15) is 10.2 Å². The van der Waals surface area contributed by atoms with E-state index >= 15 is 0 Å². The van der Waals surface area contributed by atoms with Crippen molar-refractivity contribution >= 4 is 0 Å². The minimum Gasteiger partial charge on any atom is -0.155 e. The number of unbranched alkanes of at least 4 members (excludes halogenated alkanes) is 4. The van der Waals surface area contributed by atoms with Crippen LogP contribution in [-0.2, 0) is 12.8 Å². The van der Waals surface area contributed by atoms with Crippen molar-refractivity contribution in [3.63, 3.8) is 0 Å². The highest BCUT2D eigenvalue weighted by atomic mass is 15.1. The van der Waals surface area contributed by atoms with Gasteiger partial charge in [0.05, 0.1) is 11.4 Å². The molecule has 2 heteroatoms. The lowest BCUT2D eigenvalue weighted by molar-refractivity contribution is 0.248. The predicted octanol–water partition coefficient (Wildman–Crippen LogP) is 8.20. The molecule has 0 N–H and O–H groups in total. The van der Waals surface area contributed by atoms with E-state index < -0.39 is 0 Å². The van der Waals surface area contributed by atoms with E-state index in [9.17, 15) is 0 Å². The molecule has 0 amide bonds. The summed E-state index contributed by atoms with van der Waals surface area (Å²) in [4.78, 5) is 0. The third-order valence-corrected chi connectivity index (χ3v) is 7.00. The Morgan fingerprint density at radius 1 is 0.667 bits per heavy atom. The summed E-state index contributed by atoms with van der Waals surface area (Å²) < 4.78 is 0. The van der Waals surface area contributed by atoms with Gasteiger partial charge in [0, 0.05) is 5.56 Å². The maximum atomic E-state index is 4.41. The van der Waals surface area contributed by atoms with Crippen LogP contribution in [-0.4, -0.2) is 10.2 Å². The molecule has 3 rings (SSSR count). The second kappa shape index (κ2) is 12.9. The second-order valence-corrected chi connectivity index (χ2v) is 9.49. The fourth-order valence-electron chi connectivity index (χ4n) is 4.96. The van der Waals surface area contributed by atoms with Crippen LogP contribution in [0.25, 0.3) is 11.3 Å². The van der Waals surface area contributed by atoms with Crippen LogP contribution in [0.1, 0.15) is 102 Å². The van der Waals surface area contributed by atoms with Gasteiger partial charge in [-0.05, 0) is 48.8 Å². The topological polar surface area (TPSA) is 25.8 Å². The molecule has 164 valence electrons. The highest BCUT2D eigenvalue weighted by Crippen LogP contribution is 2.34. The zero-order valence-electron chi connectivity index (χ0n) is 19.4. The molecular formula is C28H42N2. The second-order valence-electron chi connectivity index (χ2n) is 9.49. The summed E-state index contributed by atoms with van der Waals surface area (Å²) in [6.45, 7) is 4.48. The van der Waals surface area contributed by atoms with Gasteiger partial charge in [-0.3, -0.25) is 0 Å². The highest BCUT2D eigenvalue weighted by molar-refractivity contribution is 5.58. The molecular weight excluding hydrogens is 364 g/mol. The number of nitrogens with zero attached hydrogens (tertiary/aromatic N) is 2. The quantitative estimate of drug-likeness (QED) is 0.332. The minimum absolute atomic E-state index is 0.943. The molecule has 0 saturated heterocycles. The molecule has 0 unspecified atom stereocenters. The van der Waals surface area contributed by atoms with E-state index in [1.54, 1.807) is 0 Å². The first-order chi connectivity index (χ1) is 14.8. The molecule has 1 aromatic carbocycles. The van der Waals surface area contributed by atoms with Gasteiger partial charge in [-0.1, -0.05) is 109 Å². The first-order valence-corrected chi connectivity index (χ1v) is 12.7. The van der Waals surface area contributed by atoms with Gasteiger partial charge in [0.15, 0.2) is 0 Å². The van der Waals surface area contributed by atoms with Crippen molar-refractivity contribution in [2.24, 2.45) is 11.8 Å². The number of hydrogen-bond acceptors (Lipinski definition) is 2. The Morgan fingerprint density at radius 3 is 2.00 bits per heavy atom. The molecule has 30 heavy (non-hydrogen) atoms. The molecule has 1 aliphatic rings. The summed E-state index contributed by atoms with van der Waals surface area (Å²) in [5.74, 6) is 1.96. The fraction of sp³-hybridized carbons (Fsp3) is 0.643. The van der Waals surface area contributed by atoms with Gasteiger partial charge >= 0.3 is 0 Å². The molecule has 1 aromatic heterocycles. The number of benzene rings is 1. The van der Waals surface area contributed by atoms with Gasteiger partial charge in [0.1, 0.15) is 0 Å². The van der Waals surface area contributed by atoms with Gasteiger partial charge in [-0.15, -0.1) is 0 Å². The predicted molar refractivity (Wildman–Crippen MR) is 129 cm³/mol. The molecule has 2 nitrogen and oxygen atoms in total. The zero-order valence-corrected chi connectivity index (χ0v) is 19.4. The highest BCUT2D eigenvalue weighted by Gasteiger charge is 2.20. The Balaban J connectivity index is 1.36. The first-order valence-electron chi connectivity index (χ1n) is 12.7. The van der Waals surface area contributed by atoms with E-state index in [1.807, 2.05) is 0 Å². The van der Waals surface area contributed by atoms with E-state index in [0.29, 0.717) is 0 Å². The van der Waals surface area contributed by atoms with Gasteiger partial charge < -0.3 is 0 Å². The maximum Gasteiger partial charge on any atom is 0.0929 e. The summed E-state index contributed by atoms with van der Waals surface area (Å²) in [6, 6.07) is 13.2. The van der Waals surface area contributed by atoms with Gasteiger partial charge in [0.25, 0.3) is 0 Å². The standard InChI is InChI=1S/C28H42N2/c1-3-5-6-7-8-10-23-11-13-24(14-12-23)15-16-25-17-19-26(20-18-25)28-22-21-27(9-4-2)29-30-28/h17-24H,3-16H2,1-2H3. The van der Waals surface area contributed by atoms with Crippen LogP contribution in [0.15, 0.2) is 36.4 Å². The molecule has 1 saturated carbocycles. The molecule has 1 fully saturated rings. The lowest BCUT2D eigenvalue weighted by Gasteiger charge is -2.28. The van der Waals surface area contributed by atoms with E-state index in [4.69, 9.17) is 0 Å². The molecule has 0 atom stereocenters. The van der Waals surface area contributed by atoms with Crippen LogP contribution in [0.5, 0.6) is 0 Å². The Morgan fingerprint density at radius 2 is 1.37 bits per heavy atom. The molecule has 0 aliphatic heterocycles. The third kappa shape index (κ3) is 7.52. The molecule has 0 bridgehead atoms. The average molecular weight is 407 g/mol. The van der Waals surface area contributed by atoms with Crippen molar-refractivity contribution in [2.45, 2.75) is 104 Å². The largest absolute Gasteiger partial charge is 0.155 e. The van der Waals surface area contributed by atoms with Crippen LogP contribution in [0, 0.1) is 11.8 Å².